The molecule has 1 N–H and O–H groups in total. The van der Waals surface area contributed by atoms with E-state index in [1.807, 2.05) is 24.3 Å². The third-order valence-electron chi connectivity index (χ3n) is 4.28. The van der Waals surface area contributed by atoms with Crippen LogP contribution < -0.4 is 4.74 Å². The van der Waals surface area contributed by atoms with Crippen molar-refractivity contribution in [1.29, 1.82) is 0 Å². The first-order valence-corrected chi connectivity index (χ1v) is 8.96. The van der Waals surface area contributed by atoms with Gasteiger partial charge in [-0.05, 0) is 23.8 Å². The van der Waals surface area contributed by atoms with Crippen molar-refractivity contribution in [2.45, 2.75) is 6.42 Å². The summed E-state index contributed by atoms with van der Waals surface area (Å²) in [4.78, 5) is 19.8. The second-order valence-corrected chi connectivity index (χ2v) is 6.31. The first-order chi connectivity index (χ1) is 14.2. The number of rotatable bonds is 8. The van der Waals surface area contributed by atoms with Gasteiger partial charge in [0.1, 0.15) is 6.61 Å². The number of carboxylic acid groups (broad SMARTS) is 1. The number of aliphatic carboxylic acids is 1. The van der Waals surface area contributed by atoms with E-state index in [2.05, 4.69) is 15.1 Å². The van der Waals surface area contributed by atoms with Gasteiger partial charge in [0, 0.05) is 19.5 Å². The van der Waals surface area contributed by atoms with Gasteiger partial charge in [0.25, 0.3) is 0 Å². The van der Waals surface area contributed by atoms with E-state index in [9.17, 15) is 4.79 Å². The molecule has 9 heteroatoms. The number of fused-ring (bicyclic) bond motifs is 1. The van der Waals surface area contributed by atoms with Gasteiger partial charge >= 0.3 is 5.97 Å². The number of hydrogen-bond donors (Lipinski definition) is 1. The quantitative estimate of drug-likeness (QED) is 0.458. The number of carboxylic acids is 1. The summed E-state index contributed by atoms with van der Waals surface area (Å²) in [5.41, 5.74) is 1.52. The summed E-state index contributed by atoms with van der Waals surface area (Å²) in [7, 11) is 1.62. The number of ether oxygens (including phenoxy) is 2. The lowest BCUT2D eigenvalue weighted by molar-refractivity contribution is -0.136. The average molecular weight is 393 g/mol. The summed E-state index contributed by atoms with van der Waals surface area (Å²) < 4.78 is 14.2. The summed E-state index contributed by atoms with van der Waals surface area (Å²) in [5, 5.41) is 14.4. The fourth-order valence-corrected chi connectivity index (χ4v) is 2.98. The highest BCUT2D eigenvalue weighted by atomic mass is 16.5. The summed E-state index contributed by atoms with van der Waals surface area (Å²) in [6.07, 6.45) is 6.65. The molecule has 0 saturated heterocycles. The molecule has 9 nitrogen and oxygen atoms in total. The second-order valence-electron chi connectivity index (χ2n) is 6.31. The highest BCUT2D eigenvalue weighted by molar-refractivity contribution is 5.85. The molecule has 0 spiro atoms. The van der Waals surface area contributed by atoms with Crippen LogP contribution in [0.1, 0.15) is 5.56 Å². The Hall–Kier alpha value is -3.72. The molecule has 0 unspecified atom stereocenters. The topological polar surface area (TPSA) is 104 Å². The molecular weight excluding hydrogens is 374 g/mol. The van der Waals surface area contributed by atoms with Gasteiger partial charge in [0.05, 0.1) is 36.3 Å². The summed E-state index contributed by atoms with van der Waals surface area (Å²) >= 11 is 0. The van der Waals surface area contributed by atoms with Crippen LogP contribution in [0.2, 0.25) is 0 Å². The Kier molecular flexibility index (Phi) is 5.21. The Labute approximate surface area is 166 Å². The monoisotopic (exact) mass is 393 g/mol. The molecule has 0 amide bonds. The number of para-hydroxylation sites is 1. The van der Waals surface area contributed by atoms with Crippen LogP contribution in [0.4, 0.5) is 0 Å². The van der Waals surface area contributed by atoms with Gasteiger partial charge in [-0.3, -0.25) is 9.78 Å². The maximum atomic E-state index is 10.9. The lowest BCUT2D eigenvalue weighted by Gasteiger charge is -2.06. The maximum absolute atomic E-state index is 10.9. The molecule has 3 heterocycles. The van der Waals surface area contributed by atoms with Crippen LogP contribution in [0.25, 0.3) is 22.5 Å². The molecule has 0 atom stereocenters. The van der Waals surface area contributed by atoms with Gasteiger partial charge in [-0.25, -0.2) is 9.67 Å². The van der Waals surface area contributed by atoms with Crippen LogP contribution in [0.3, 0.4) is 0 Å². The van der Waals surface area contributed by atoms with Crippen molar-refractivity contribution in [3.05, 3.63) is 60.7 Å². The minimum absolute atomic E-state index is 0.0495. The minimum atomic E-state index is -0.883. The van der Waals surface area contributed by atoms with Gasteiger partial charge in [0.15, 0.2) is 11.6 Å². The number of nitrogens with zero attached hydrogens (tertiary/aromatic N) is 5. The van der Waals surface area contributed by atoms with Gasteiger partial charge in [-0.2, -0.15) is 0 Å². The number of hydrogen-bond acceptors (Lipinski definition) is 6. The van der Waals surface area contributed by atoms with Gasteiger partial charge in [0.2, 0.25) is 5.88 Å². The van der Waals surface area contributed by atoms with E-state index in [4.69, 9.17) is 14.6 Å². The fraction of sp³-hybridized carbons (Fsp3) is 0.200. The molecule has 0 bridgehead atoms. The number of aromatic nitrogens is 5. The number of carbonyl (C=O) groups is 1. The summed E-state index contributed by atoms with van der Waals surface area (Å²) in [6, 6.07) is 9.45. The van der Waals surface area contributed by atoms with E-state index in [0.717, 1.165) is 10.9 Å². The summed E-state index contributed by atoms with van der Waals surface area (Å²) in [5.74, 6) is 0.690. The van der Waals surface area contributed by atoms with Crippen LogP contribution in [0.15, 0.2) is 55.1 Å². The van der Waals surface area contributed by atoms with Gasteiger partial charge in [-0.1, -0.05) is 12.1 Å². The molecule has 0 saturated carbocycles. The highest BCUT2D eigenvalue weighted by Crippen LogP contribution is 2.26. The van der Waals surface area contributed by atoms with Crippen LogP contribution in [-0.4, -0.2) is 55.7 Å². The molecular formula is C20H19N5O4. The largest absolute Gasteiger partial charge is 0.481 e. The molecule has 3 aromatic heterocycles. The highest BCUT2D eigenvalue weighted by Gasteiger charge is 2.14. The molecule has 29 heavy (non-hydrogen) atoms. The zero-order valence-electron chi connectivity index (χ0n) is 15.7. The number of methoxy groups -OCH3 is 1. The van der Waals surface area contributed by atoms with Crippen molar-refractivity contribution in [1.82, 2.24) is 24.3 Å². The van der Waals surface area contributed by atoms with Crippen molar-refractivity contribution in [2.24, 2.45) is 0 Å². The zero-order valence-corrected chi connectivity index (χ0v) is 15.7. The Morgan fingerprint density at radius 1 is 1.14 bits per heavy atom. The molecule has 0 fully saturated rings. The van der Waals surface area contributed by atoms with Gasteiger partial charge in [-0.15, -0.1) is 5.10 Å². The molecule has 0 aliphatic carbocycles. The predicted molar refractivity (Wildman–Crippen MR) is 105 cm³/mol. The van der Waals surface area contributed by atoms with Crippen molar-refractivity contribution >= 4 is 16.9 Å². The Balaban J connectivity index is 1.70. The second kappa shape index (κ2) is 8.11. The molecule has 148 valence electrons. The Morgan fingerprint density at radius 3 is 2.79 bits per heavy atom. The predicted octanol–water partition coefficient (Wildman–Crippen LogP) is 2.26. The molecule has 4 rings (SSSR count). The van der Waals surface area contributed by atoms with Gasteiger partial charge < -0.3 is 19.1 Å². The van der Waals surface area contributed by atoms with E-state index < -0.39 is 5.97 Å². The first kappa shape index (κ1) is 18.6. The van der Waals surface area contributed by atoms with E-state index in [-0.39, 0.29) is 6.42 Å². The third kappa shape index (κ3) is 3.94. The Morgan fingerprint density at radius 2 is 1.97 bits per heavy atom. The molecule has 0 radical (unpaired) electrons. The van der Waals surface area contributed by atoms with Crippen molar-refractivity contribution in [3.63, 3.8) is 0 Å². The lowest BCUT2D eigenvalue weighted by Crippen LogP contribution is -2.07. The average Bonchev–Trinajstić information content (AvgIpc) is 3.33. The molecule has 4 aromatic rings. The molecule has 1 aromatic carbocycles. The van der Waals surface area contributed by atoms with Crippen molar-refractivity contribution in [2.75, 3.05) is 20.3 Å². The third-order valence-corrected chi connectivity index (χ3v) is 4.28. The lowest BCUT2D eigenvalue weighted by atomic mass is 10.2. The maximum Gasteiger partial charge on any atom is 0.307 e. The molecule has 0 aliphatic rings. The number of benzene rings is 1. The van der Waals surface area contributed by atoms with E-state index in [1.54, 1.807) is 47.2 Å². The first-order valence-electron chi connectivity index (χ1n) is 8.96. The van der Waals surface area contributed by atoms with Crippen LogP contribution >= 0.6 is 0 Å². The van der Waals surface area contributed by atoms with E-state index in [1.165, 1.54) is 0 Å². The van der Waals surface area contributed by atoms with Crippen LogP contribution in [0, 0.1) is 0 Å². The molecule has 0 aliphatic heterocycles. The zero-order chi connectivity index (χ0) is 20.2. The SMILES string of the molecule is COCCOc1nn(-c2cncc(-n3ccc(CC(=O)O)c3)n2)c2ccccc12. The van der Waals surface area contributed by atoms with E-state index in [0.29, 0.717) is 36.3 Å². The van der Waals surface area contributed by atoms with Crippen molar-refractivity contribution in [3.8, 4) is 17.5 Å². The standard InChI is InChI=1S/C20H19N5O4/c1-28-8-9-29-20-15-4-2-3-5-16(15)25(23-20)18-12-21-11-17(22-18)24-7-6-14(13-24)10-19(26)27/h2-7,11-13H,8-10H2,1H3,(H,26,27). The summed E-state index contributed by atoms with van der Waals surface area (Å²) in [6.45, 7) is 0.849. The van der Waals surface area contributed by atoms with E-state index >= 15 is 0 Å². The minimum Gasteiger partial charge on any atom is -0.481 e. The smallest absolute Gasteiger partial charge is 0.307 e. The van der Waals surface area contributed by atoms with Crippen LogP contribution in [-0.2, 0) is 16.0 Å². The fourth-order valence-electron chi connectivity index (χ4n) is 2.98. The Bertz CT molecular complexity index is 1150. The normalized spacial score (nSPS) is 11.1. The van der Waals surface area contributed by atoms with Crippen LogP contribution in [0.5, 0.6) is 5.88 Å². The van der Waals surface area contributed by atoms with Crippen molar-refractivity contribution < 1.29 is 19.4 Å².